The van der Waals surface area contributed by atoms with Gasteiger partial charge in [0.1, 0.15) is 16.9 Å². The van der Waals surface area contributed by atoms with Crippen LogP contribution in [0.4, 0.5) is 0 Å². The summed E-state index contributed by atoms with van der Waals surface area (Å²) in [5, 5.41) is 0. The van der Waals surface area contributed by atoms with E-state index in [0.29, 0.717) is 5.84 Å². The van der Waals surface area contributed by atoms with Gasteiger partial charge in [0.25, 0.3) is 0 Å². The molecule has 0 aliphatic rings. The molecule has 4 nitrogen and oxygen atoms in total. The molecule has 15 heavy (non-hydrogen) atoms. The smallest absolute Gasteiger partial charge is 0.125 e. The molecule has 2 aromatic rings. The second-order valence-electron chi connectivity index (χ2n) is 2.58. The number of hydrogen-bond acceptors (Lipinski definition) is 4. The van der Waals surface area contributed by atoms with Crippen molar-refractivity contribution in [2.75, 3.05) is 7.05 Å². The second kappa shape index (κ2) is 5.41. The van der Waals surface area contributed by atoms with Crippen molar-refractivity contribution in [1.82, 2.24) is 8.75 Å². The minimum atomic E-state index is 0.523. The maximum atomic E-state index is 5.66. The zero-order valence-electron chi connectivity index (χ0n) is 9.06. The van der Waals surface area contributed by atoms with Crippen molar-refractivity contribution < 1.29 is 0 Å². The van der Waals surface area contributed by atoms with Crippen LogP contribution in [0.15, 0.2) is 23.2 Å². The molecule has 2 N–H and O–H groups in total. The number of nitrogens with two attached hydrogens (primary N) is 1. The average molecular weight is 222 g/mol. The molecule has 1 aromatic heterocycles. The molecule has 0 atom stereocenters. The lowest BCUT2D eigenvalue weighted by atomic mass is 10.2. The highest BCUT2D eigenvalue weighted by molar-refractivity contribution is 7.00. The quantitative estimate of drug-likeness (QED) is 0.593. The maximum absolute atomic E-state index is 5.66. The van der Waals surface area contributed by atoms with E-state index in [1.165, 1.54) is 11.7 Å². The lowest BCUT2D eigenvalue weighted by Gasteiger charge is -1.97. The fraction of sp³-hybridized carbons (Fsp3) is 0.300. The molecule has 0 aliphatic carbocycles. The molecule has 0 saturated carbocycles. The highest BCUT2D eigenvalue weighted by atomic mass is 32.1. The minimum absolute atomic E-state index is 0.523. The van der Waals surface area contributed by atoms with Gasteiger partial charge in [0, 0.05) is 12.6 Å². The van der Waals surface area contributed by atoms with Crippen molar-refractivity contribution in [1.29, 1.82) is 0 Å². The third kappa shape index (κ3) is 2.50. The third-order valence-electron chi connectivity index (χ3n) is 1.79. The topological polar surface area (TPSA) is 64.2 Å². The molecule has 0 saturated heterocycles. The van der Waals surface area contributed by atoms with Crippen LogP contribution in [0, 0.1) is 0 Å². The molecule has 1 heterocycles. The number of amidine groups is 1. The zero-order valence-corrected chi connectivity index (χ0v) is 9.88. The van der Waals surface area contributed by atoms with E-state index in [-0.39, 0.29) is 0 Å². The first-order valence-electron chi connectivity index (χ1n) is 4.76. The summed E-state index contributed by atoms with van der Waals surface area (Å²) in [5.41, 5.74) is 8.32. The van der Waals surface area contributed by atoms with Gasteiger partial charge in [-0.15, -0.1) is 0 Å². The van der Waals surface area contributed by atoms with Gasteiger partial charge < -0.3 is 5.73 Å². The first-order chi connectivity index (χ1) is 7.31. The molecule has 5 heteroatoms. The number of nitrogens with zero attached hydrogens (tertiary/aromatic N) is 3. The highest BCUT2D eigenvalue weighted by Gasteiger charge is 2.01. The van der Waals surface area contributed by atoms with Gasteiger partial charge in [-0.05, 0) is 18.2 Å². The van der Waals surface area contributed by atoms with E-state index < -0.39 is 0 Å². The van der Waals surface area contributed by atoms with Crippen molar-refractivity contribution in [2.24, 2.45) is 10.7 Å². The fourth-order valence-corrected chi connectivity index (χ4v) is 1.59. The summed E-state index contributed by atoms with van der Waals surface area (Å²) in [6, 6.07) is 5.68. The molecule has 0 amide bonds. The van der Waals surface area contributed by atoms with Crippen LogP contribution >= 0.6 is 11.7 Å². The lowest BCUT2D eigenvalue weighted by molar-refractivity contribution is 1.39. The standard InChI is InChI=1S/C8H8N4S.C2H6/c1-10-8(9)5-2-3-6-7(4-5)12-13-11-6;1-2/h2-4H,1H3,(H2,9,10);1-2H3. The Hall–Kier alpha value is -1.49. The molecule has 0 spiro atoms. The van der Waals surface area contributed by atoms with E-state index in [2.05, 4.69) is 13.7 Å². The van der Waals surface area contributed by atoms with Gasteiger partial charge in [0.2, 0.25) is 0 Å². The molecule has 80 valence electrons. The number of aliphatic imine (C=N–C) groups is 1. The lowest BCUT2D eigenvalue weighted by Crippen LogP contribution is -2.12. The van der Waals surface area contributed by atoms with Gasteiger partial charge in [-0.1, -0.05) is 13.8 Å². The Morgan fingerprint density at radius 2 is 1.93 bits per heavy atom. The predicted molar refractivity (Wildman–Crippen MR) is 65.4 cm³/mol. The van der Waals surface area contributed by atoms with Gasteiger partial charge >= 0.3 is 0 Å². The molecule has 0 unspecified atom stereocenters. The number of fused-ring (bicyclic) bond motifs is 1. The molecule has 2 rings (SSSR count). The maximum Gasteiger partial charge on any atom is 0.125 e. The SMILES string of the molecule is CC.CN=C(N)c1ccc2nsnc2c1. The Labute approximate surface area is 93.2 Å². The predicted octanol–water partition coefficient (Wildman–Crippen LogP) is 2.05. The van der Waals surface area contributed by atoms with E-state index in [9.17, 15) is 0 Å². The van der Waals surface area contributed by atoms with Crippen LogP contribution in [-0.4, -0.2) is 21.6 Å². The van der Waals surface area contributed by atoms with Crippen LogP contribution < -0.4 is 5.73 Å². The molecule has 0 radical (unpaired) electrons. The van der Waals surface area contributed by atoms with Crippen LogP contribution in [0.2, 0.25) is 0 Å². The first kappa shape index (κ1) is 11.6. The van der Waals surface area contributed by atoms with Gasteiger partial charge in [0.05, 0.1) is 11.7 Å². The summed E-state index contributed by atoms with van der Waals surface area (Å²) in [6.07, 6.45) is 0. The van der Waals surface area contributed by atoms with E-state index >= 15 is 0 Å². The van der Waals surface area contributed by atoms with Crippen molar-refractivity contribution in [3.63, 3.8) is 0 Å². The Morgan fingerprint density at radius 1 is 1.27 bits per heavy atom. The number of benzene rings is 1. The van der Waals surface area contributed by atoms with Crippen LogP contribution in [-0.2, 0) is 0 Å². The summed E-state index contributed by atoms with van der Waals surface area (Å²) >= 11 is 1.20. The van der Waals surface area contributed by atoms with Gasteiger partial charge in [-0.2, -0.15) is 8.75 Å². The summed E-state index contributed by atoms with van der Waals surface area (Å²) < 4.78 is 8.21. The van der Waals surface area contributed by atoms with Crippen LogP contribution in [0.1, 0.15) is 19.4 Å². The highest BCUT2D eigenvalue weighted by Crippen LogP contribution is 2.12. The third-order valence-corrected chi connectivity index (χ3v) is 2.35. The summed E-state index contributed by atoms with van der Waals surface area (Å²) in [4.78, 5) is 3.90. The van der Waals surface area contributed by atoms with Crippen molar-refractivity contribution >= 4 is 28.6 Å². The fourth-order valence-electron chi connectivity index (χ4n) is 1.07. The van der Waals surface area contributed by atoms with E-state index in [0.717, 1.165) is 16.6 Å². The Bertz CT molecular complexity index is 461. The van der Waals surface area contributed by atoms with Gasteiger partial charge in [0.15, 0.2) is 0 Å². The normalized spacial score (nSPS) is 11.0. The van der Waals surface area contributed by atoms with Crippen LogP contribution in [0.3, 0.4) is 0 Å². The minimum Gasteiger partial charge on any atom is -0.384 e. The number of rotatable bonds is 1. The molecule has 0 aliphatic heterocycles. The van der Waals surface area contributed by atoms with E-state index in [1.807, 2.05) is 32.0 Å². The number of aromatic nitrogens is 2. The average Bonchev–Trinajstić information content (AvgIpc) is 2.77. The van der Waals surface area contributed by atoms with Gasteiger partial charge in [-0.25, -0.2) is 0 Å². The van der Waals surface area contributed by atoms with Crippen molar-refractivity contribution in [3.8, 4) is 0 Å². The van der Waals surface area contributed by atoms with Crippen molar-refractivity contribution in [3.05, 3.63) is 23.8 Å². The van der Waals surface area contributed by atoms with Gasteiger partial charge in [-0.3, -0.25) is 4.99 Å². The Morgan fingerprint density at radius 3 is 2.60 bits per heavy atom. The number of hydrogen-bond donors (Lipinski definition) is 1. The summed E-state index contributed by atoms with van der Waals surface area (Å²) in [7, 11) is 1.67. The zero-order chi connectivity index (χ0) is 11.3. The Kier molecular flexibility index (Phi) is 4.17. The second-order valence-corrected chi connectivity index (χ2v) is 3.11. The molecule has 1 aromatic carbocycles. The monoisotopic (exact) mass is 222 g/mol. The largest absolute Gasteiger partial charge is 0.384 e. The van der Waals surface area contributed by atoms with Crippen LogP contribution in [0.25, 0.3) is 11.0 Å². The molecular weight excluding hydrogens is 208 g/mol. The van der Waals surface area contributed by atoms with E-state index in [1.54, 1.807) is 7.05 Å². The molecule has 0 fully saturated rings. The van der Waals surface area contributed by atoms with Crippen LogP contribution in [0.5, 0.6) is 0 Å². The first-order valence-corrected chi connectivity index (χ1v) is 5.49. The van der Waals surface area contributed by atoms with E-state index in [4.69, 9.17) is 5.73 Å². The summed E-state index contributed by atoms with van der Waals surface area (Å²) in [6.45, 7) is 4.00. The Balaban J connectivity index is 0.000000531. The van der Waals surface area contributed by atoms with Crippen molar-refractivity contribution in [2.45, 2.75) is 13.8 Å². The summed E-state index contributed by atoms with van der Waals surface area (Å²) in [5.74, 6) is 0.523. The molecular formula is C10H14N4S. The molecule has 0 bridgehead atoms.